The molecule has 15 heavy (non-hydrogen) atoms. The van der Waals surface area contributed by atoms with Crippen molar-refractivity contribution in [3.63, 3.8) is 0 Å². The Morgan fingerprint density at radius 3 is 3.00 bits per heavy atom. The standard InChI is InChI=1S/C11H11BrFNO/c1-2-14-5-7-6-15-11-4-10(13)9(12)3-8(7)11/h3-4,6,14H,2,5H2,1H3. The number of hydrogen-bond acceptors (Lipinski definition) is 2. The van der Waals surface area contributed by atoms with Gasteiger partial charge >= 0.3 is 0 Å². The molecule has 0 radical (unpaired) electrons. The molecule has 0 saturated carbocycles. The van der Waals surface area contributed by atoms with E-state index in [-0.39, 0.29) is 5.82 Å². The van der Waals surface area contributed by atoms with Crippen LogP contribution < -0.4 is 5.32 Å². The Balaban J connectivity index is 2.45. The van der Waals surface area contributed by atoms with Crippen molar-refractivity contribution in [1.29, 1.82) is 0 Å². The fourth-order valence-electron chi connectivity index (χ4n) is 1.47. The molecule has 2 rings (SSSR count). The molecule has 2 nitrogen and oxygen atoms in total. The third-order valence-corrected chi connectivity index (χ3v) is 2.87. The van der Waals surface area contributed by atoms with E-state index in [1.165, 1.54) is 6.07 Å². The first-order valence-corrected chi connectivity index (χ1v) is 5.57. The minimum absolute atomic E-state index is 0.299. The molecule has 0 unspecified atom stereocenters. The molecular weight excluding hydrogens is 261 g/mol. The summed E-state index contributed by atoms with van der Waals surface area (Å²) in [5.74, 6) is -0.299. The zero-order chi connectivity index (χ0) is 10.8. The lowest BCUT2D eigenvalue weighted by atomic mass is 10.2. The van der Waals surface area contributed by atoms with E-state index in [2.05, 4.69) is 21.2 Å². The molecule has 1 aromatic heterocycles. The van der Waals surface area contributed by atoms with Crippen LogP contribution in [0.1, 0.15) is 12.5 Å². The average Bonchev–Trinajstić information content (AvgIpc) is 2.59. The molecular formula is C11H11BrFNO. The monoisotopic (exact) mass is 271 g/mol. The molecule has 0 aliphatic rings. The summed E-state index contributed by atoms with van der Waals surface area (Å²) >= 11 is 3.17. The van der Waals surface area contributed by atoms with E-state index in [4.69, 9.17) is 4.42 Å². The molecule has 0 spiro atoms. The second kappa shape index (κ2) is 4.33. The van der Waals surface area contributed by atoms with Gasteiger partial charge in [0.05, 0.1) is 10.7 Å². The normalized spacial score (nSPS) is 11.1. The van der Waals surface area contributed by atoms with E-state index >= 15 is 0 Å². The van der Waals surface area contributed by atoms with Gasteiger partial charge in [0, 0.05) is 23.6 Å². The van der Waals surface area contributed by atoms with Gasteiger partial charge in [0.15, 0.2) is 0 Å². The quantitative estimate of drug-likeness (QED) is 0.925. The van der Waals surface area contributed by atoms with Gasteiger partial charge in [-0.1, -0.05) is 6.92 Å². The third-order valence-electron chi connectivity index (χ3n) is 2.26. The number of nitrogens with one attached hydrogen (secondary N) is 1. The molecule has 0 aliphatic heterocycles. The van der Waals surface area contributed by atoms with E-state index < -0.39 is 0 Å². The summed E-state index contributed by atoms with van der Waals surface area (Å²) in [5.41, 5.74) is 1.64. The molecule has 2 aromatic rings. The number of hydrogen-bond donors (Lipinski definition) is 1. The smallest absolute Gasteiger partial charge is 0.141 e. The molecule has 0 saturated heterocycles. The lowest BCUT2D eigenvalue weighted by Gasteiger charge is -1.99. The molecule has 1 N–H and O–H groups in total. The van der Waals surface area contributed by atoms with Crippen molar-refractivity contribution in [2.24, 2.45) is 0 Å². The molecule has 0 fully saturated rings. The zero-order valence-electron chi connectivity index (χ0n) is 8.31. The largest absolute Gasteiger partial charge is 0.464 e. The minimum Gasteiger partial charge on any atom is -0.464 e. The summed E-state index contributed by atoms with van der Waals surface area (Å²) in [6, 6.07) is 3.15. The molecule has 0 aliphatic carbocycles. The van der Waals surface area contributed by atoms with Gasteiger partial charge < -0.3 is 9.73 Å². The Hall–Kier alpha value is -0.870. The highest BCUT2D eigenvalue weighted by atomic mass is 79.9. The van der Waals surface area contributed by atoms with Crippen molar-refractivity contribution in [2.75, 3.05) is 6.54 Å². The maximum Gasteiger partial charge on any atom is 0.141 e. The van der Waals surface area contributed by atoms with Crippen LogP contribution in [0, 0.1) is 5.82 Å². The van der Waals surface area contributed by atoms with Gasteiger partial charge in [-0.05, 0) is 28.5 Å². The number of rotatable bonds is 3. The van der Waals surface area contributed by atoms with Crippen LogP contribution in [-0.2, 0) is 6.54 Å². The van der Waals surface area contributed by atoms with Crippen LogP contribution in [0.5, 0.6) is 0 Å². The maximum atomic E-state index is 13.2. The van der Waals surface area contributed by atoms with Crippen molar-refractivity contribution < 1.29 is 8.81 Å². The predicted octanol–water partition coefficient (Wildman–Crippen LogP) is 3.44. The Morgan fingerprint density at radius 1 is 1.47 bits per heavy atom. The van der Waals surface area contributed by atoms with Crippen molar-refractivity contribution in [1.82, 2.24) is 5.32 Å². The first-order valence-electron chi connectivity index (χ1n) is 4.78. The van der Waals surface area contributed by atoms with Crippen molar-refractivity contribution in [3.8, 4) is 0 Å². The summed E-state index contributed by atoms with van der Waals surface area (Å²) in [6.07, 6.45) is 1.67. The molecule has 1 aromatic carbocycles. The van der Waals surface area contributed by atoms with Crippen LogP contribution in [-0.4, -0.2) is 6.54 Å². The van der Waals surface area contributed by atoms with Crippen LogP contribution in [0.4, 0.5) is 4.39 Å². The Bertz CT molecular complexity index is 481. The molecule has 0 atom stereocenters. The topological polar surface area (TPSA) is 25.2 Å². The fraction of sp³-hybridized carbons (Fsp3) is 0.273. The van der Waals surface area contributed by atoms with Gasteiger partial charge in [0.25, 0.3) is 0 Å². The highest BCUT2D eigenvalue weighted by Crippen LogP contribution is 2.27. The van der Waals surface area contributed by atoms with Crippen molar-refractivity contribution >= 4 is 26.9 Å². The van der Waals surface area contributed by atoms with E-state index in [1.54, 1.807) is 12.3 Å². The first kappa shape index (κ1) is 10.6. The predicted molar refractivity (Wildman–Crippen MR) is 61.3 cm³/mol. The van der Waals surface area contributed by atoms with Crippen molar-refractivity contribution in [2.45, 2.75) is 13.5 Å². The van der Waals surface area contributed by atoms with Crippen LogP contribution >= 0.6 is 15.9 Å². The zero-order valence-corrected chi connectivity index (χ0v) is 9.90. The Morgan fingerprint density at radius 2 is 2.27 bits per heavy atom. The summed E-state index contributed by atoms with van der Waals surface area (Å²) in [4.78, 5) is 0. The molecule has 0 bridgehead atoms. The van der Waals surface area contributed by atoms with E-state index in [0.717, 1.165) is 24.0 Å². The Kier molecular flexibility index (Phi) is 3.07. The minimum atomic E-state index is -0.299. The van der Waals surface area contributed by atoms with Crippen LogP contribution in [0.2, 0.25) is 0 Å². The van der Waals surface area contributed by atoms with Gasteiger partial charge in [0.1, 0.15) is 11.4 Å². The first-order chi connectivity index (χ1) is 7.22. The van der Waals surface area contributed by atoms with Gasteiger partial charge in [-0.25, -0.2) is 4.39 Å². The molecule has 0 amide bonds. The fourth-order valence-corrected chi connectivity index (χ4v) is 1.82. The lowest BCUT2D eigenvalue weighted by Crippen LogP contribution is -2.11. The highest BCUT2D eigenvalue weighted by molar-refractivity contribution is 9.10. The number of benzene rings is 1. The average molecular weight is 272 g/mol. The number of fused-ring (bicyclic) bond motifs is 1. The summed E-state index contributed by atoms with van der Waals surface area (Å²) in [7, 11) is 0. The number of halogens is 2. The summed E-state index contributed by atoms with van der Waals surface area (Å²) in [6.45, 7) is 3.68. The van der Waals surface area contributed by atoms with Gasteiger partial charge in [-0.2, -0.15) is 0 Å². The van der Waals surface area contributed by atoms with Crippen LogP contribution in [0.15, 0.2) is 27.3 Å². The number of furan rings is 1. The van der Waals surface area contributed by atoms with E-state index in [1.807, 2.05) is 6.92 Å². The summed E-state index contributed by atoms with van der Waals surface area (Å²) in [5, 5.41) is 4.16. The van der Waals surface area contributed by atoms with E-state index in [0.29, 0.717) is 10.1 Å². The highest BCUT2D eigenvalue weighted by Gasteiger charge is 2.09. The van der Waals surface area contributed by atoms with E-state index in [9.17, 15) is 4.39 Å². The second-order valence-electron chi connectivity index (χ2n) is 3.30. The summed E-state index contributed by atoms with van der Waals surface area (Å²) < 4.78 is 18.9. The maximum absolute atomic E-state index is 13.2. The van der Waals surface area contributed by atoms with Gasteiger partial charge in [-0.15, -0.1) is 0 Å². The second-order valence-corrected chi connectivity index (χ2v) is 4.16. The SMILES string of the molecule is CCNCc1coc2cc(F)c(Br)cc12. The van der Waals surface area contributed by atoms with Gasteiger partial charge in [0.2, 0.25) is 0 Å². The molecule has 80 valence electrons. The van der Waals surface area contributed by atoms with Crippen molar-refractivity contribution in [3.05, 3.63) is 34.2 Å². The third kappa shape index (κ3) is 2.06. The van der Waals surface area contributed by atoms with Crippen LogP contribution in [0.25, 0.3) is 11.0 Å². The van der Waals surface area contributed by atoms with Gasteiger partial charge in [-0.3, -0.25) is 0 Å². The molecule has 4 heteroatoms. The lowest BCUT2D eigenvalue weighted by molar-refractivity contribution is 0.590. The molecule has 1 heterocycles. The Labute approximate surface area is 95.6 Å². The van der Waals surface area contributed by atoms with Crippen LogP contribution in [0.3, 0.4) is 0 Å².